The number of carboxylic acid groups (broad SMARTS) is 1. The standard InChI is InChI=1S/C13H23NO3/c1-5-6-10(4)12(15)14-8-11(13(16)17)7-9(2)3/h6,9,11H,5,7-8H2,1-4H3,(H,14,15)(H,16,17). The number of amides is 1. The van der Waals surface area contributed by atoms with Crippen molar-refractivity contribution in [2.24, 2.45) is 11.8 Å². The maximum absolute atomic E-state index is 11.6. The average Bonchev–Trinajstić information content (AvgIpc) is 2.23. The number of hydrogen-bond acceptors (Lipinski definition) is 2. The minimum atomic E-state index is -0.851. The highest BCUT2D eigenvalue weighted by Crippen LogP contribution is 2.11. The Kier molecular flexibility index (Phi) is 7.26. The monoisotopic (exact) mass is 241 g/mol. The van der Waals surface area contributed by atoms with Gasteiger partial charge < -0.3 is 10.4 Å². The van der Waals surface area contributed by atoms with Crippen molar-refractivity contribution in [1.82, 2.24) is 5.32 Å². The summed E-state index contributed by atoms with van der Waals surface area (Å²) in [5, 5.41) is 11.7. The molecule has 0 radical (unpaired) electrons. The summed E-state index contributed by atoms with van der Waals surface area (Å²) in [5.41, 5.74) is 0.640. The van der Waals surface area contributed by atoms with Crippen LogP contribution in [0, 0.1) is 11.8 Å². The van der Waals surface area contributed by atoms with Crippen LogP contribution in [0.5, 0.6) is 0 Å². The molecule has 0 spiro atoms. The molecule has 0 rings (SSSR count). The molecule has 0 aliphatic carbocycles. The molecule has 98 valence electrons. The van der Waals surface area contributed by atoms with Crippen molar-refractivity contribution >= 4 is 11.9 Å². The molecule has 17 heavy (non-hydrogen) atoms. The summed E-state index contributed by atoms with van der Waals surface area (Å²) >= 11 is 0. The summed E-state index contributed by atoms with van der Waals surface area (Å²) < 4.78 is 0. The number of carboxylic acids is 1. The van der Waals surface area contributed by atoms with E-state index in [4.69, 9.17) is 5.11 Å². The van der Waals surface area contributed by atoms with E-state index in [1.54, 1.807) is 6.92 Å². The van der Waals surface area contributed by atoms with Crippen LogP contribution in [0.4, 0.5) is 0 Å². The minimum absolute atomic E-state index is 0.179. The molecular weight excluding hydrogens is 218 g/mol. The van der Waals surface area contributed by atoms with Crippen LogP contribution in [0.3, 0.4) is 0 Å². The van der Waals surface area contributed by atoms with Gasteiger partial charge in [-0.25, -0.2) is 0 Å². The van der Waals surface area contributed by atoms with Gasteiger partial charge in [0.15, 0.2) is 0 Å². The van der Waals surface area contributed by atoms with Crippen molar-refractivity contribution in [3.05, 3.63) is 11.6 Å². The van der Waals surface area contributed by atoms with Crippen molar-refractivity contribution < 1.29 is 14.7 Å². The summed E-state index contributed by atoms with van der Waals surface area (Å²) in [5.74, 6) is -1.23. The summed E-state index contributed by atoms with van der Waals surface area (Å²) in [4.78, 5) is 22.6. The van der Waals surface area contributed by atoms with Crippen LogP contribution in [0.25, 0.3) is 0 Å². The van der Waals surface area contributed by atoms with Crippen LogP contribution in [0.2, 0.25) is 0 Å². The first-order valence-corrected chi connectivity index (χ1v) is 6.06. The van der Waals surface area contributed by atoms with Gasteiger partial charge in [0, 0.05) is 12.1 Å². The molecule has 4 heteroatoms. The van der Waals surface area contributed by atoms with E-state index in [1.807, 2.05) is 26.8 Å². The first kappa shape index (κ1) is 15.7. The number of rotatable bonds is 7. The SMILES string of the molecule is CCC=C(C)C(=O)NCC(CC(C)C)C(=O)O. The highest BCUT2D eigenvalue weighted by atomic mass is 16.4. The minimum Gasteiger partial charge on any atom is -0.481 e. The van der Waals surface area contributed by atoms with Gasteiger partial charge in [-0.2, -0.15) is 0 Å². The Morgan fingerprint density at radius 3 is 2.35 bits per heavy atom. The molecule has 0 saturated heterocycles. The average molecular weight is 241 g/mol. The fraction of sp³-hybridized carbons (Fsp3) is 0.692. The van der Waals surface area contributed by atoms with E-state index in [9.17, 15) is 9.59 Å². The van der Waals surface area contributed by atoms with Gasteiger partial charge in [0.1, 0.15) is 0 Å². The van der Waals surface area contributed by atoms with E-state index >= 15 is 0 Å². The predicted octanol–water partition coefficient (Wildman–Crippen LogP) is 2.21. The summed E-state index contributed by atoms with van der Waals surface area (Å²) in [6.45, 7) is 7.83. The molecule has 0 aromatic heterocycles. The van der Waals surface area contributed by atoms with E-state index in [0.717, 1.165) is 6.42 Å². The van der Waals surface area contributed by atoms with Gasteiger partial charge in [-0.1, -0.05) is 26.8 Å². The molecule has 0 fully saturated rings. The molecule has 0 aliphatic rings. The molecule has 0 aromatic carbocycles. The smallest absolute Gasteiger partial charge is 0.308 e. The Bertz CT molecular complexity index is 295. The number of aliphatic carboxylic acids is 1. The molecule has 1 atom stereocenters. The molecule has 0 saturated carbocycles. The van der Waals surface area contributed by atoms with Gasteiger partial charge in [0.25, 0.3) is 0 Å². The zero-order chi connectivity index (χ0) is 13.4. The Hall–Kier alpha value is -1.32. The topological polar surface area (TPSA) is 66.4 Å². The third kappa shape index (κ3) is 6.76. The molecule has 0 heterocycles. The molecule has 1 unspecified atom stereocenters. The second-order valence-corrected chi connectivity index (χ2v) is 4.67. The molecule has 1 amide bonds. The van der Waals surface area contributed by atoms with E-state index in [0.29, 0.717) is 17.9 Å². The summed E-state index contributed by atoms with van der Waals surface area (Å²) in [6, 6.07) is 0. The van der Waals surface area contributed by atoms with Gasteiger partial charge in [-0.05, 0) is 25.7 Å². The first-order valence-electron chi connectivity index (χ1n) is 6.06. The predicted molar refractivity (Wildman–Crippen MR) is 67.6 cm³/mol. The van der Waals surface area contributed by atoms with Crippen molar-refractivity contribution in [2.45, 2.75) is 40.5 Å². The van der Waals surface area contributed by atoms with Gasteiger partial charge in [0.05, 0.1) is 5.92 Å². The maximum Gasteiger partial charge on any atom is 0.308 e. The Morgan fingerprint density at radius 1 is 1.35 bits per heavy atom. The third-order valence-corrected chi connectivity index (χ3v) is 2.48. The van der Waals surface area contributed by atoms with Gasteiger partial charge in [0.2, 0.25) is 5.91 Å². The van der Waals surface area contributed by atoms with Crippen molar-refractivity contribution in [3.8, 4) is 0 Å². The van der Waals surface area contributed by atoms with E-state index in [1.165, 1.54) is 0 Å². The van der Waals surface area contributed by atoms with Crippen LogP contribution in [-0.2, 0) is 9.59 Å². The molecule has 0 aromatic rings. The quantitative estimate of drug-likeness (QED) is 0.671. The van der Waals surface area contributed by atoms with Crippen molar-refractivity contribution in [3.63, 3.8) is 0 Å². The Balaban J connectivity index is 4.26. The number of carbonyl (C=O) groups is 2. The van der Waals surface area contributed by atoms with Crippen LogP contribution >= 0.6 is 0 Å². The van der Waals surface area contributed by atoms with Gasteiger partial charge in [-0.3, -0.25) is 9.59 Å². The number of nitrogens with one attached hydrogen (secondary N) is 1. The lowest BCUT2D eigenvalue weighted by molar-refractivity contribution is -0.142. The summed E-state index contributed by atoms with van der Waals surface area (Å²) in [7, 11) is 0. The highest BCUT2D eigenvalue weighted by Gasteiger charge is 2.19. The maximum atomic E-state index is 11.6. The number of hydrogen-bond donors (Lipinski definition) is 2. The molecule has 4 nitrogen and oxygen atoms in total. The van der Waals surface area contributed by atoms with Crippen molar-refractivity contribution in [1.29, 1.82) is 0 Å². The number of allylic oxidation sites excluding steroid dienone is 1. The molecular formula is C13H23NO3. The van der Waals surface area contributed by atoms with E-state index in [2.05, 4.69) is 5.32 Å². The van der Waals surface area contributed by atoms with Crippen molar-refractivity contribution in [2.75, 3.05) is 6.54 Å². The Labute approximate surface area is 103 Å². The van der Waals surface area contributed by atoms with E-state index in [-0.39, 0.29) is 12.5 Å². The first-order chi connectivity index (χ1) is 7.88. The fourth-order valence-corrected chi connectivity index (χ4v) is 1.59. The third-order valence-electron chi connectivity index (χ3n) is 2.48. The van der Waals surface area contributed by atoms with Crippen LogP contribution in [0.1, 0.15) is 40.5 Å². The molecule has 2 N–H and O–H groups in total. The normalized spacial score (nSPS) is 13.6. The van der Waals surface area contributed by atoms with Gasteiger partial charge >= 0.3 is 5.97 Å². The largest absolute Gasteiger partial charge is 0.481 e. The molecule has 0 bridgehead atoms. The lowest BCUT2D eigenvalue weighted by Crippen LogP contribution is -2.34. The van der Waals surface area contributed by atoms with Crippen LogP contribution in [-0.4, -0.2) is 23.5 Å². The van der Waals surface area contributed by atoms with Gasteiger partial charge in [-0.15, -0.1) is 0 Å². The lowest BCUT2D eigenvalue weighted by Gasteiger charge is -2.15. The van der Waals surface area contributed by atoms with Crippen LogP contribution < -0.4 is 5.32 Å². The second-order valence-electron chi connectivity index (χ2n) is 4.67. The Morgan fingerprint density at radius 2 is 1.94 bits per heavy atom. The fourth-order valence-electron chi connectivity index (χ4n) is 1.59. The highest BCUT2D eigenvalue weighted by molar-refractivity contribution is 5.92. The number of carbonyl (C=O) groups excluding carboxylic acids is 1. The van der Waals surface area contributed by atoms with Crippen LogP contribution in [0.15, 0.2) is 11.6 Å². The van der Waals surface area contributed by atoms with E-state index < -0.39 is 11.9 Å². The summed E-state index contributed by atoms with van der Waals surface area (Å²) in [6.07, 6.45) is 3.20. The zero-order valence-corrected chi connectivity index (χ0v) is 11.1. The molecule has 0 aliphatic heterocycles. The second kappa shape index (κ2) is 7.87. The lowest BCUT2D eigenvalue weighted by atomic mass is 9.97. The zero-order valence-electron chi connectivity index (χ0n) is 11.1.